The third-order valence-electron chi connectivity index (χ3n) is 3.94. The Balaban J connectivity index is 2.29. The van der Waals surface area contributed by atoms with E-state index in [0.29, 0.717) is 23.4 Å². The Kier molecular flexibility index (Phi) is 5.00. The highest BCUT2D eigenvalue weighted by Crippen LogP contribution is 2.31. The summed E-state index contributed by atoms with van der Waals surface area (Å²) in [5.74, 6) is -0.248. The predicted octanol–water partition coefficient (Wildman–Crippen LogP) is 3.14. The number of hydrogen-bond donors (Lipinski definition) is 0. The molecule has 0 N–H and O–H groups in total. The van der Waals surface area contributed by atoms with Crippen LogP contribution in [-0.2, 0) is 9.84 Å². The third kappa shape index (κ3) is 3.60. The second kappa shape index (κ2) is 6.26. The first-order chi connectivity index (χ1) is 9.71. The van der Waals surface area contributed by atoms with Gasteiger partial charge in [-0.1, -0.05) is 27.5 Å². The lowest BCUT2D eigenvalue weighted by Gasteiger charge is -2.29. The minimum absolute atomic E-state index is 0.248. The predicted molar refractivity (Wildman–Crippen MR) is 87.5 cm³/mol. The number of rotatable bonds is 3. The summed E-state index contributed by atoms with van der Waals surface area (Å²) >= 11 is 9.40. The van der Waals surface area contributed by atoms with Gasteiger partial charge in [-0.3, -0.25) is 4.79 Å². The van der Waals surface area contributed by atoms with E-state index >= 15 is 0 Å². The average Bonchev–Trinajstić information content (AvgIpc) is 2.89. The van der Waals surface area contributed by atoms with Gasteiger partial charge in [0.25, 0.3) is 5.91 Å². The molecule has 1 aliphatic rings. The summed E-state index contributed by atoms with van der Waals surface area (Å²) in [5, 5.41) is -0.124. The van der Waals surface area contributed by atoms with E-state index in [1.54, 1.807) is 25.2 Å². The molecular formula is C14H17BrClNO3S. The maximum Gasteiger partial charge on any atom is 0.255 e. The molecule has 1 aromatic rings. The Bertz CT molecular complexity index is 662. The lowest BCUT2D eigenvalue weighted by atomic mass is 10.1. The molecule has 0 heterocycles. The SMILES string of the molecule is CN(C(=O)c1cc(Br)ccc1Cl)C1CCCC1S(C)(=O)=O. The molecule has 0 bridgehead atoms. The van der Waals surface area contributed by atoms with Crippen LogP contribution in [0.5, 0.6) is 0 Å². The first kappa shape index (κ1) is 16.8. The van der Waals surface area contributed by atoms with Crippen LogP contribution in [0.1, 0.15) is 29.6 Å². The molecule has 4 nitrogen and oxygen atoms in total. The number of carbonyl (C=O) groups is 1. The Hall–Kier alpha value is -0.590. The molecule has 0 saturated heterocycles. The lowest BCUT2D eigenvalue weighted by molar-refractivity contribution is 0.0737. The van der Waals surface area contributed by atoms with E-state index in [1.165, 1.54) is 11.2 Å². The van der Waals surface area contributed by atoms with Gasteiger partial charge in [-0.2, -0.15) is 0 Å². The van der Waals surface area contributed by atoms with Gasteiger partial charge in [-0.15, -0.1) is 0 Å². The molecule has 1 amide bonds. The van der Waals surface area contributed by atoms with E-state index in [-0.39, 0.29) is 11.9 Å². The quantitative estimate of drug-likeness (QED) is 0.791. The van der Waals surface area contributed by atoms with Crippen molar-refractivity contribution in [2.24, 2.45) is 0 Å². The number of carbonyl (C=O) groups excluding carboxylic acids is 1. The van der Waals surface area contributed by atoms with E-state index in [9.17, 15) is 13.2 Å². The molecule has 1 saturated carbocycles. The molecule has 0 aromatic heterocycles. The van der Waals surface area contributed by atoms with Crippen molar-refractivity contribution in [2.75, 3.05) is 13.3 Å². The van der Waals surface area contributed by atoms with E-state index in [2.05, 4.69) is 15.9 Å². The molecule has 1 aliphatic carbocycles. The van der Waals surface area contributed by atoms with Crippen LogP contribution in [0.2, 0.25) is 5.02 Å². The number of halogens is 2. The fourth-order valence-corrected chi connectivity index (χ4v) is 4.89. The zero-order chi connectivity index (χ0) is 15.8. The molecule has 0 spiro atoms. The summed E-state index contributed by atoms with van der Waals surface area (Å²) in [6.45, 7) is 0. The highest BCUT2D eigenvalue weighted by Gasteiger charge is 2.39. The third-order valence-corrected chi connectivity index (χ3v) is 6.42. The molecule has 1 fully saturated rings. The molecule has 2 rings (SSSR count). The van der Waals surface area contributed by atoms with Crippen LogP contribution in [-0.4, -0.2) is 43.8 Å². The number of benzene rings is 1. The first-order valence-corrected chi connectivity index (χ1v) is 9.75. The van der Waals surface area contributed by atoms with Crippen LogP contribution in [0.3, 0.4) is 0 Å². The van der Waals surface area contributed by atoms with Crippen LogP contribution >= 0.6 is 27.5 Å². The van der Waals surface area contributed by atoms with Gasteiger partial charge in [-0.25, -0.2) is 8.42 Å². The van der Waals surface area contributed by atoms with Crippen molar-refractivity contribution < 1.29 is 13.2 Å². The molecule has 1 aromatic carbocycles. The molecule has 2 unspecified atom stereocenters. The second-order valence-electron chi connectivity index (χ2n) is 5.41. The molecule has 21 heavy (non-hydrogen) atoms. The van der Waals surface area contributed by atoms with Gasteiger partial charge in [0.15, 0.2) is 9.84 Å². The fraction of sp³-hybridized carbons (Fsp3) is 0.500. The molecule has 2 atom stereocenters. The maximum absolute atomic E-state index is 12.6. The van der Waals surface area contributed by atoms with Gasteiger partial charge in [0.2, 0.25) is 0 Å². The molecule has 0 aliphatic heterocycles. The van der Waals surface area contributed by atoms with E-state index < -0.39 is 15.1 Å². The van der Waals surface area contributed by atoms with Crippen LogP contribution in [0.15, 0.2) is 22.7 Å². The summed E-state index contributed by atoms with van der Waals surface area (Å²) in [6.07, 6.45) is 3.35. The zero-order valence-electron chi connectivity index (χ0n) is 11.8. The van der Waals surface area contributed by atoms with Crippen molar-refractivity contribution in [3.05, 3.63) is 33.3 Å². The Morgan fingerprint density at radius 2 is 2.05 bits per heavy atom. The summed E-state index contributed by atoms with van der Waals surface area (Å²) < 4.78 is 24.5. The Morgan fingerprint density at radius 3 is 2.67 bits per heavy atom. The lowest BCUT2D eigenvalue weighted by Crippen LogP contribution is -2.44. The number of sulfone groups is 1. The molecular weight excluding hydrogens is 378 g/mol. The van der Waals surface area contributed by atoms with Crippen molar-refractivity contribution in [1.29, 1.82) is 0 Å². The van der Waals surface area contributed by atoms with Gasteiger partial charge in [-0.05, 0) is 37.5 Å². The van der Waals surface area contributed by atoms with Crippen LogP contribution in [0, 0.1) is 0 Å². The summed E-state index contributed by atoms with van der Waals surface area (Å²) in [5.41, 5.74) is 0.382. The minimum atomic E-state index is -3.17. The molecule has 0 radical (unpaired) electrons. The summed E-state index contributed by atoms with van der Waals surface area (Å²) in [4.78, 5) is 14.1. The van der Waals surface area contributed by atoms with Crippen molar-refractivity contribution in [3.8, 4) is 0 Å². The van der Waals surface area contributed by atoms with E-state index in [4.69, 9.17) is 11.6 Å². The van der Waals surface area contributed by atoms with E-state index in [1.807, 2.05) is 0 Å². The minimum Gasteiger partial charge on any atom is -0.337 e. The standard InChI is InChI=1S/C14H17BrClNO3S/c1-17(12-4-3-5-13(12)21(2,19)20)14(18)10-8-9(15)6-7-11(10)16/h6-8,12-13H,3-5H2,1-2H3. The highest BCUT2D eigenvalue weighted by molar-refractivity contribution is 9.10. The van der Waals surface area contributed by atoms with Crippen molar-refractivity contribution in [2.45, 2.75) is 30.6 Å². The normalized spacial score (nSPS) is 22.3. The highest BCUT2D eigenvalue weighted by atomic mass is 79.9. The van der Waals surface area contributed by atoms with Gasteiger partial charge in [0.1, 0.15) is 0 Å². The van der Waals surface area contributed by atoms with Gasteiger partial charge in [0.05, 0.1) is 15.8 Å². The zero-order valence-corrected chi connectivity index (χ0v) is 15.0. The van der Waals surface area contributed by atoms with Crippen LogP contribution in [0.4, 0.5) is 0 Å². The largest absolute Gasteiger partial charge is 0.337 e. The monoisotopic (exact) mass is 393 g/mol. The number of hydrogen-bond acceptors (Lipinski definition) is 3. The van der Waals surface area contributed by atoms with Gasteiger partial charge in [0, 0.05) is 23.8 Å². The van der Waals surface area contributed by atoms with Crippen molar-refractivity contribution in [1.82, 2.24) is 4.90 Å². The summed E-state index contributed by atoms with van der Waals surface area (Å²) in [6, 6.07) is 4.78. The van der Waals surface area contributed by atoms with Crippen LogP contribution < -0.4 is 0 Å². The smallest absolute Gasteiger partial charge is 0.255 e. The van der Waals surface area contributed by atoms with Crippen molar-refractivity contribution >= 4 is 43.3 Å². The van der Waals surface area contributed by atoms with E-state index in [0.717, 1.165) is 10.9 Å². The topological polar surface area (TPSA) is 54.5 Å². The van der Waals surface area contributed by atoms with Gasteiger partial charge < -0.3 is 4.90 Å². The number of amides is 1. The Labute approximate surface area is 138 Å². The Morgan fingerprint density at radius 1 is 1.38 bits per heavy atom. The first-order valence-electron chi connectivity index (χ1n) is 6.63. The fourth-order valence-electron chi connectivity index (χ4n) is 2.85. The maximum atomic E-state index is 12.6. The molecule has 116 valence electrons. The van der Waals surface area contributed by atoms with Crippen LogP contribution in [0.25, 0.3) is 0 Å². The summed E-state index contributed by atoms with van der Waals surface area (Å²) in [7, 11) is -1.52. The van der Waals surface area contributed by atoms with Gasteiger partial charge >= 0.3 is 0 Å². The average molecular weight is 395 g/mol. The van der Waals surface area contributed by atoms with Crippen molar-refractivity contribution in [3.63, 3.8) is 0 Å². The second-order valence-corrected chi connectivity index (χ2v) is 8.99. The number of nitrogens with zero attached hydrogens (tertiary/aromatic N) is 1. The molecule has 7 heteroatoms.